The number of ketones is 2. The maximum absolute atomic E-state index is 16.8. The smallest absolute Gasteiger partial charge is 0.351 e. The van der Waals surface area contributed by atoms with Crippen molar-refractivity contribution in [2.75, 3.05) is 27.3 Å². The molecule has 3 aliphatic rings. The second-order valence-electron chi connectivity index (χ2n) is 16.8. The van der Waals surface area contributed by atoms with E-state index in [4.69, 9.17) is 28.5 Å². The van der Waals surface area contributed by atoms with Crippen LogP contribution in [-0.2, 0) is 49.5 Å². The number of esters is 1. The van der Waals surface area contributed by atoms with Crippen molar-refractivity contribution in [2.24, 2.45) is 22.9 Å². The number of hydrogen-bond acceptors (Lipinski definition) is 15. The lowest BCUT2D eigenvalue weighted by atomic mass is 9.74. The van der Waals surface area contributed by atoms with Gasteiger partial charge in [0.2, 0.25) is 0 Å². The zero-order chi connectivity index (χ0) is 42.7. The van der Waals surface area contributed by atoms with Crippen LogP contribution in [0.5, 0.6) is 0 Å². The fourth-order valence-electron chi connectivity index (χ4n) is 8.45. The van der Waals surface area contributed by atoms with Crippen molar-refractivity contribution in [1.82, 2.24) is 19.7 Å². The third-order valence-electron chi connectivity index (χ3n) is 11.8. The predicted molar refractivity (Wildman–Crippen MR) is 207 cm³/mol. The number of pyridine rings is 1. The average molecular weight is 818 g/mol. The number of aromatic nitrogens is 3. The zero-order valence-electron chi connectivity index (χ0n) is 35.2. The number of hydrogen-bond donors (Lipinski definition) is 2. The van der Waals surface area contributed by atoms with Crippen LogP contribution < -0.4 is 0 Å². The minimum absolute atomic E-state index is 0.00255. The third kappa shape index (κ3) is 9.67. The van der Waals surface area contributed by atoms with Crippen molar-refractivity contribution in [3.63, 3.8) is 0 Å². The summed E-state index contributed by atoms with van der Waals surface area (Å²) in [5.41, 5.74) is -5.98. The summed E-state index contributed by atoms with van der Waals surface area (Å²) in [5, 5.41) is 32.2. The SMILES string of the molecule is CC[C@H]1OC(=O)[C@@](C)(F)C(=O)[C@H](C)[C@@H](O[C@@H]2O[C@H](C)C[C@H](N(C)C)[C@H]2O)[C@@]2(C)C[C@@H](C)C(=O)[C@@H](C)[C@@H](OC/C(=N\OCc3ccc(-n4cccn4)nc3)CO2)[C@]1(C)O. The van der Waals surface area contributed by atoms with E-state index in [1.54, 1.807) is 63.1 Å². The van der Waals surface area contributed by atoms with Gasteiger partial charge in [0.05, 0.1) is 37.1 Å². The standard InChI is InChI=1S/C41H60FN5O11/c1-11-30-41(8,52)36-25(4)32(48)23(2)18-39(6,54-22-28(21-53-36)45-55-20-27-13-14-31(43-19-27)47-16-12-15-44-47)35(26(5)34(50)40(7,42)38(51)57-30)58-37-33(49)29(46(9)10)17-24(3)56-37/h12-16,19,23-26,29-30,33,35-37,49,52H,11,17-18,20-22H2,1-10H3/b45-28+/t23-,24-,25-,26+,29+,30-,33-,35-,36-,37+,39-,40+,41-/m1/s1. The predicted octanol–water partition coefficient (Wildman–Crippen LogP) is 3.38. The molecule has 0 spiro atoms. The Morgan fingerprint density at radius 1 is 1.09 bits per heavy atom. The number of nitrogens with zero attached hydrogens (tertiary/aromatic N) is 5. The normalized spacial score (nSPS) is 39.1. The zero-order valence-corrected chi connectivity index (χ0v) is 35.2. The molecule has 16 nitrogen and oxygen atoms in total. The number of aliphatic hydroxyl groups is 2. The van der Waals surface area contributed by atoms with Crippen molar-refractivity contribution < 1.29 is 57.5 Å². The van der Waals surface area contributed by atoms with Crippen LogP contribution in [0.25, 0.3) is 5.82 Å². The largest absolute Gasteiger partial charge is 0.457 e. The van der Waals surface area contributed by atoms with Gasteiger partial charge in [-0.05, 0) is 73.2 Å². The number of alkyl halides is 1. The van der Waals surface area contributed by atoms with E-state index in [2.05, 4.69) is 15.2 Å². The fourth-order valence-corrected chi connectivity index (χ4v) is 8.45. The highest BCUT2D eigenvalue weighted by Crippen LogP contribution is 2.40. The van der Waals surface area contributed by atoms with Crippen LogP contribution >= 0.6 is 0 Å². The Morgan fingerprint density at radius 2 is 1.81 bits per heavy atom. The molecule has 0 amide bonds. The Kier molecular flexibility index (Phi) is 14.3. The monoisotopic (exact) mass is 817 g/mol. The molecular weight excluding hydrogens is 757 g/mol. The van der Waals surface area contributed by atoms with Crippen LogP contribution in [0, 0.1) is 17.8 Å². The maximum atomic E-state index is 16.8. The van der Waals surface area contributed by atoms with Crippen molar-refractivity contribution >= 4 is 23.2 Å². The summed E-state index contributed by atoms with van der Waals surface area (Å²) in [5.74, 6) is -5.65. The van der Waals surface area contributed by atoms with Gasteiger partial charge in [-0.25, -0.2) is 18.9 Å². The number of fused-ring (bicyclic) bond motifs is 5. The lowest BCUT2D eigenvalue weighted by molar-refractivity contribution is -0.296. The van der Waals surface area contributed by atoms with E-state index in [9.17, 15) is 24.6 Å². The van der Waals surface area contributed by atoms with E-state index in [0.29, 0.717) is 17.8 Å². The molecule has 58 heavy (non-hydrogen) atoms. The first-order chi connectivity index (χ1) is 27.2. The number of rotatable bonds is 8. The first-order valence-corrected chi connectivity index (χ1v) is 19.9. The van der Waals surface area contributed by atoms with Crippen molar-refractivity contribution in [3.8, 4) is 5.82 Å². The molecule has 0 aromatic carbocycles. The second-order valence-corrected chi connectivity index (χ2v) is 16.8. The Morgan fingerprint density at radius 3 is 2.43 bits per heavy atom. The molecule has 13 atom stereocenters. The van der Waals surface area contributed by atoms with Gasteiger partial charge in [0.25, 0.3) is 5.67 Å². The van der Waals surface area contributed by atoms with Gasteiger partial charge in [0, 0.05) is 47.9 Å². The first kappa shape index (κ1) is 45.4. The van der Waals surface area contributed by atoms with Crippen LogP contribution in [0.3, 0.4) is 0 Å². The quantitative estimate of drug-likeness (QED) is 0.224. The molecule has 3 aliphatic heterocycles. The summed E-state index contributed by atoms with van der Waals surface area (Å²) in [7, 11) is 3.62. The summed E-state index contributed by atoms with van der Waals surface area (Å²) in [4.78, 5) is 54.4. The van der Waals surface area contributed by atoms with Crippen LogP contribution in [0.2, 0.25) is 0 Å². The van der Waals surface area contributed by atoms with Gasteiger partial charge in [0.1, 0.15) is 35.9 Å². The number of carbonyl (C=O) groups excluding carboxylic acids is 3. The molecule has 5 heterocycles. The lowest BCUT2D eigenvalue weighted by Crippen LogP contribution is -2.61. The van der Waals surface area contributed by atoms with E-state index in [-0.39, 0.29) is 50.3 Å². The first-order valence-electron chi connectivity index (χ1n) is 19.9. The van der Waals surface area contributed by atoms with E-state index in [1.807, 2.05) is 32.0 Å². The molecule has 2 aromatic heterocycles. The third-order valence-corrected chi connectivity index (χ3v) is 11.8. The van der Waals surface area contributed by atoms with E-state index >= 15 is 4.39 Å². The number of cyclic esters (lactones) is 1. The van der Waals surface area contributed by atoms with Crippen LogP contribution in [0.15, 0.2) is 41.9 Å². The average Bonchev–Trinajstić information content (AvgIpc) is 3.72. The molecule has 0 aliphatic carbocycles. The molecular formula is C41H60FN5O11. The Labute approximate surface area is 339 Å². The van der Waals surface area contributed by atoms with Crippen LogP contribution in [-0.4, -0.2) is 140 Å². The van der Waals surface area contributed by atoms with Gasteiger partial charge in [-0.2, -0.15) is 5.10 Å². The van der Waals surface area contributed by atoms with Crippen molar-refractivity contribution in [2.45, 2.75) is 141 Å². The maximum Gasteiger partial charge on any atom is 0.351 e. The van der Waals surface area contributed by atoms with E-state index in [1.165, 1.54) is 13.8 Å². The molecule has 17 heteroatoms. The highest BCUT2D eigenvalue weighted by Gasteiger charge is 2.57. The number of aliphatic hydroxyl groups excluding tert-OH is 1. The number of halogens is 1. The highest BCUT2D eigenvalue weighted by atomic mass is 19.1. The molecule has 3 saturated heterocycles. The van der Waals surface area contributed by atoms with Crippen molar-refractivity contribution in [1.29, 1.82) is 0 Å². The summed E-state index contributed by atoms with van der Waals surface area (Å²) >= 11 is 0. The Balaban J connectivity index is 1.60. The topological polar surface area (TPSA) is 193 Å². The van der Waals surface area contributed by atoms with Gasteiger partial charge < -0.3 is 43.6 Å². The molecule has 3 fully saturated rings. The number of carbonyl (C=O) groups is 3. The van der Waals surface area contributed by atoms with Crippen molar-refractivity contribution in [3.05, 3.63) is 42.4 Å². The van der Waals surface area contributed by atoms with E-state index < -0.39 is 83.1 Å². The number of oxime groups is 1. The number of ether oxygens (including phenoxy) is 5. The highest BCUT2D eigenvalue weighted by molar-refractivity contribution is 6.07. The van der Waals surface area contributed by atoms with Crippen LogP contribution in [0.4, 0.5) is 4.39 Å². The lowest BCUT2D eigenvalue weighted by Gasteiger charge is -2.47. The summed E-state index contributed by atoms with van der Waals surface area (Å²) in [6.07, 6.45) is -1.58. The molecule has 0 unspecified atom stereocenters. The van der Waals surface area contributed by atoms with Gasteiger partial charge in [-0.15, -0.1) is 0 Å². The second kappa shape index (κ2) is 18.3. The molecule has 322 valence electrons. The van der Waals surface area contributed by atoms with Gasteiger partial charge >= 0.3 is 5.97 Å². The number of likely N-dealkylation sites (N-methyl/N-ethyl adjacent to an activating group) is 1. The fraction of sp³-hybridized carbons (Fsp3) is 0.707. The minimum atomic E-state index is -3.21. The van der Waals surface area contributed by atoms with Gasteiger partial charge in [0.15, 0.2) is 17.9 Å². The minimum Gasteiger partial charge on any atom is -0.457 e. The molecule has 0 saturated carbocycles. The number of Topliss-reactive ketones (excluding diaryl/α,β-unsaturated/α-hetero) is 2. The van der Waals surface area contributed by atoms with E-state index in [0.717, 1.165) is 6.92 Å². The molecule has 2 aromatic rings. The molecule has 2 bridgehead atoms. The summed E-state index contributed by atoms with van der Waals surface area (Å²) < 4.78 is 49.7. The Bertz CT molecular complexity index is 1760. The van der Waals surface area contributed by atoms with Gasteiger partial charge in [-0.3, -0.25) is 9.59 Å². The van der Waals surface area contributed by atoms with Gasteiger partial charge in [-0.1, -0.05) is 38.9 Å². The molecule has 2 N–H and O–H groups in total. The summed E-state index contributed by atoms with van der Waals surface area (Å²) in [6, 6.07) is 4.97. The Hall–Kier alpha value is -3.71. The molecule has 5 rings (SSSR count). The molecule has 0 radical (unpaired) electrons. The van der Waals surface area contributed by atoms with Crippen LogP contribution in [0.1, 0.15) is 80.2 Å². The summed E-state index contributed by atoms with van der Waals surface area (Å²) in [6.45, 7) is 11.3.